The first-order chi connectivity index (χ1) is 14.6. The predicted octanol–water partition coefficient (Wildman–Crippen LogP) is 5.18. The Morgan fingerprint density at radius 3 is 1.83 bits per heavy atom. The van der Waals surface area contributed by atoms with Crippen LogP contribution >= 0.6 is 0 Å². The number of hydrogen-bond acceptors (Lipinski definition) is 3. The van der Waals surface area contributed by atoms with Gasteiger partial charge in [0.25, 0.3) is 0 Å². The van der Waals surface area contributed by atoms with E-state index < -0.39 is 11.9 Å². The lowest BCUT2D eigenvalue weighted by molar-refractivity contribution is -0.127. The third-order valence-electron chi connectivity index (χ3n) is 5.66. The molecule has 0 unspecified atom stereocenters. The van der Waals surface area contributed by atoms with E-state index >= 15 is 0 Å². The molecule has 0 aliphatic heterocycles. The molecule has 0 saturated heterocycles. The molecule has 0 aliphatic carbocycles. The van der Waals surface area contributed by atoms with E-state index in [1.54, 1.807) is 12.5 Å². The minimum absolute atomic E-state index is 0.104. The molecule has 6 nitrogen and oxygen atoms in total. The zero-order valence-corrected chi connectivity index (χ0v) is 19.1. The second kappa shape index (κ2) is 18.0. The van der Waals surface area contributed by atoms with E-state index in [-0.39, 0.29) is 5.91 Å². The van der Waals surface area contributed by atoms with Gasteiger partial charge in [-0.15, -0.1) is 0 Å². The highest BCUT2D eigenvalue weighted by Gasteiger charge is 2.18. The molecule has 1 aromatic rings. The average molecular weight is 421 g/mol. The quantitative estimate of drug-likeness (QED) is 0.253. The van der Waals surface area contributed by atoms with Crippen LogP contribution in [0.2, 0.25) is 0 Å². The summed E-state index contributed by atoms with van der Waals surface area (Å²) >= 11 is 0. The van der Waals surface area contributed by atoms with Crippen molar-refractivity contribution in [1.29, 1.82) is 0 Å². The van der Waals surface area contributed by atoms with Crippen molar-refractivity contribution < 1.29 is 9.59 Å². The van der Waals surface area contributed by atoms with Crippen LogP contribution in [0.4, 0.5) is 0 Å². The van der Waals surface area contributed by atoms with Crippen molar-refractivity contribution in [1.82, 2.24) is 15.3 Å². The number of imidazole rings is 1. The van der Waals surface area contributed by atoms with E-state index in [2.05, 4.69) is 22.2 Å². The summed E-state index contributed by atoms with van der Waals surface area (Å²) in [4.78, 5) is 30.5. The molecule has 0 bridgehead atoms. The number of aromatic nitrogens is 2. The number of aromatic amines is 1. The topological polar surface area (TPSA) is 101 Å². The molecule has 172 valence electrons. The molecule has 1 aromatic heterocycles. The second-order valence-electron chi connectivity index (χ2n) is 8.50. The molecule has 1 heterocycles. The summed E-state index contributed by atoms with van der Waals surface area (Å²) in [6.45, 7) is 2.27. The van der Waals surface area contributed by atoms with Gasteiger partial charge < -0.3 is 16.0 Å². The lowest BCUT2D eigenvalue weighted by Crippen LogP contribution is -2.45. The molecule has 0 spiro atoms. The predicted molar refractivity (Wildman–Crippen MR) is 123 cm³/mol. The van der Waals surface area contributed by atoms with Crippen LogP contribution in [0.3, 0.4) is 0 Å². The SMILES string of the molecule is CCCCCCCCCCCCCCCCCC(=O)N[C@@H](Cc1cnc[nH]1)C(N)=O. The number of rotatable bonds is 20. The highest BCUT2D eigenvalue weighted by Crippen LogP contribution is 2.13. The molecular formula is C24H44N4O2. The molecule has 0 fully saturated rings. The number of nitrogens with two attached hydrogens (primary N) is 1. The molecule has 0 aliphatic rings. The number of nitrogens with one attached hydrogen (secondary N) is 2. The van der Waals surface area contributed by atoms with Crippen molar-refractivity contribution in [3.63, 3.8) is 0 Å². The molecule has 0 saturated carbocycles. The lowest BCUT2D eigenvalue weighted by Gasteiger charge is -2.14. The standard InChI is InChI=1S/C24H44N4O2/c1-2-3-4-5-6-7-8-9-10-11-12-13-14-15-16-17-23(29)28-22(24(25)30)18-21-19-26-20-27-21/h19-20,22H,2-18H2,1H3,(H2,25,30)(H,26,27)(H,28,29)/t22-/m0/s1. The van der Waals surface area contributed by atoms with Crippen LogP contribution in [0, 0.1) is 0 Å². The Labute approximate surface area is 183 Å². The first-order valence-corrected chi connectivity index (χ1v) is 12.2. The Balaban J connectivity index is 1.91. The van der Waals surface area contributed by atoms with Gasteiger partial charge in [0.2, 0.25) is 11.8 Å². The van der Waals surface area contributed by atoms with Gasteiger partial charge in [-0.2, -0.15) is 0 Å². The number of primary amides is 1. The van der Waals surface area contributed by atoms with Gasteiger partial charge >= 0.3 is 0 Å². The monoisotopic (exact) mass is 420 g/mol. The summed E-state index contributed by atoms with van der Waals surface area (Å²) in [5.41, 5.74) is 6.18. The van der Waals surface area contributed by atoms with Gasteiger partial charge in [0.15, 0.2) is 0 Å². The maximum atomic E-state index is 12.1. The van der Waals surface area contributed by atoms with E-state index in [0.717, 1.165) is 18.5 Å². The number of unbranched alkanes of at least 4 members (excludes halogenated alkanes) is 14. The van der Waals surface area contributed by atoms with Crippen LogP contribution in [0.5, 0.6) is 0 Å². The van der Waals surface area contributed by atoms with Gasteiger partial charge in [-0.25, -0.2) is 4.98 Å². The summed E-state index contributed by atoms with van der Waals surface area (Å²) < 4.78 is 0. The van der Waals surface area contributed by atoms with Crippen molar-refractivity contribution in [3.05, 3.63) is 18.2 Å². The zero-order valence-electron chi connectivity index (χ0n) is 19.1. The van der Waals surface area contributed by atoms with E-state index in [0.29, 0.717) is 12.8 Å². The van der Waals surface area contributed by atoms with E-state index in [1.165, 1.54) is 83.5 Å². The van der Waals surface area contributed by atoms with Crippen LogP contribution in [0.1, 0.15) is 115 Å². The van der Waals surface area contributed by atoms with E-state index in [1.807, 2.05) is 0 Å². The maximum absolute atomic E-state index is 12.1. The molecule has 1 rings (SSSR count). The number of hydrogen-bond donors (Lipinski definition) is 3. The summed E-state index contributed by atoms with van der Waals surface area (Å²) in [5, 5.41) is 2.74. The van der Waals surface area contributed by atoms with Gasteiger partial charge in [-0.3, -0.25) is 9.59 Å². The van der Waals surface area contributed by atoms with Crippen LogP contribution < -0.4 is 11.1 Å². The molecular weight excluding hydrogens is 376 g/mol. The Bertz CT molecular complexity index is 545. The number of carbonyl (C=O) groups is 2. The summed E-state index contributed by atoms with van der Waals surface area (Å²) in [6.07, 6.45) is 23.5. The number of amides is 2. The molecule has 0 radical (unpaired) electrons. The normalized spacial score (nSPS) is 12.0. The fourth-order valence-electron chi connectivity index (χ4n) is 3.76. The van der Waals surface area contributed by atoms with Crippen molar-refractivity contribution >= 4 is 11.8 Å². The highest BCUT2D eigenvalue weighted by atomic mass is 16.2. The maximum Gasteiger partial charge on any atom is 0.240 e. The zero-order chi connectivity index (χ0) is 21.9. The summed E-state index contributed by atoms with van der Waals surface area (Å²) in [6, 6.07) is -0.686. The Morgan fingerprint density at radius 1 is 0.900 bits per heavy atom. The van der Waals surface area contributed by atoms with Gasteiger partial charge in [-0.1, -0.05) is 96.8 Å². The van der Waals surface area contributed by atoms with Crippen molar-refractivity contribution in [3.8, 4) is 0 Å². The molecule has 2 amide bonds. The van der Waals surface area contributed by atoms with Crippen LogP contribution in [-0.4, -0.2) is 27.8 Å². The first-order valence-electron chi connectivity index (χ1n) is 12.2. The van der Waals surface area contributed by atoms with Crippen LogP contribution in [0.25, 0.3) is 0 Å². The van der Waals surface area contributed by atoms with Gasteiger partial charge in [0, 0.05) is 24.7 Å². The van der Waals surface area contributed by atoms with E-state index in [9.17, 15) is 9.59 Å². The molecule has 4 N–H and O–H groups in total. The summed E-state index contributed by atoms with van der Waals surface area (Å²) in [7, 11) is 0. The fourth-order valence-corrected chi connectivity index (χ4v) is 3.76. The highest BCUT2D eigenvalue weighted by molar-refractivity contribution is 5.86. The second-order valence-corrected chi connectivity index (χ2v) is 8.50. The largest absolute Gasteiger partial charge is 0.368 e. The lowest BCUT2D eigenvalue weighted by atomic mass is 10.0. The van der Waals surface area contributed by atoms with Gasteiger partial charge in [0.05, 0.1) is 6.33 Å². The Hall–Kier alpha value is -1.85. The van der Waals surface area contributed by atoms with Crippen LogP contribution in [-0.2, 0) is 16.0 Å². The van der Waals surface area contributed by atoms with Crippen molar-refractivity contribution in [2.45, 2.75) is 122 Å². The average Bonchev–Trinajstić information content (AvgIpc) is 3.23. The minimum atomic E-state index is -0.686. The minimum Gasteiger partial charge on any atom is -0.368 e. The van der Waals surface area contributed by atoms with Gasteiger partial charge in [-0.05, 0) is 6.42 Å². The number of H-pyrrole nitrogens is 1. The summed E-state index contributed by atoms with van der Waals surface area (Å²) in [5.74, 6) is -0.623. The number of carbonyl (C=O) groups excluding carboxylic acids is 2. The fraction of sp³-hybridized carbons (Fsp3) is 0.792. The van der Waals surface area contributed by atoms with Crippen molar-refractivity contribution in [2.75, 3.05) is 0 Å². The van der Waals surface area contributed by atoms with Crippen molar-refractivity contribution in [2.24, 2.45) is 5.73 Å². The van der Waals surface area contributed by atoms with E-state index in [4.69, 9.17) is 5.73 Å². The molecule has 0 aromatic carbocycles. The molecule has 1 atom stereocenters. The Kier molecular flexibility index (Phi) is 15.7. The third kappa shape index (κ3) is 14.2. The van der Waals surface area contributed by atoms with Crippen LogP contribution in [0.15, 0.2) is 12.5 Å². The first kappa shape index (κ1) is 26.2. The molecule has 6 heteroatoms. The third-order valence-corrected chi connectivity index (χ3v) is 5.66. The molecule has 30 heavy (non-hydrogen) atoms. The number of nitrogens with zero attached hydrogens (tertiary/aromatic N) is 1. The van der Waals surface area contributed by atoms with Gasteiger partial charge in [0.1, 0.15) is 6.04 Å². The Morgan fingerprint density at radius 2 is 1.40 bits per heavy atom. The smallest absolute Gasteiger partial charge is 0.240 e.